The molecule has 0 aliphatic carbocycles. The fraction of sp³-hybridized carbons (Fsp3) is 0.538. The Morgan fingerprint density at radius 3 is 2.82 bits per heavy atom. The van der Waals surface area contributed by atoms with E-state index >= 15 is 0 Å². The SMILES string of the molecule is CNC(C)(CO)CCc1ccc2c(c1)OCO2. The normalized spacial score (nSPS) is 16.9. The molecular weight excluding hydrogens is 218 g/mol. The van der Waals surface area contributed by atoms with Gasteiger partial charge in [0.25, 0.3) is 0 Å². The Hall–Kier alpha value is -1.26. The molecule has 2 rings (SSSR count). The van der Waals surface area contributed by atoms with Gasteiger partial charge >= 0.3 is 0 Å². The molecular formula is C13H19NO3. The van der Waals surface area contributed by atoms with Gasteiger partial charge in [-0.1, -0.05) is 6.07 Å². The van der Waals surface area contributed by atoms with Crippen molar-refractivity contribution in [2.75, 3.05) is 20.4 Å². The third kappa shape index (κ3) is 2.70. The van der Waals surface area contributed by atoms with Crippen LogP contribution in [0.5, 0.6) is 11.5 Å². The van der Waals surface area contributed by atoms with Crippen molar-refractivity contribution >= 4 is 0 Å². The zero-order valence-corrected chi connectivity index (χ0v) is 10.3. The maximum atomic E-state index is 9.31. The average molecular weight is 237 g/mol. The minimum atomic E-state index is -0.226. The average Bonchev–Trinajstić information content (AvgIpc) is 2.83. The molecule has 1 aliphatic heterocycles. The topological polar surface area (TPSA) is 50.7 Å². The highest BCUT2D eigenvalue weighted by Gasteiger charge is 2.21. The maximum absolute atomic E-state index is 9.31. The van der Waals surface area contributed by atoms with Gasteiger partial charge < -0.3 is 19.9 Å². The van der Waals surface area contributed by atoms with Gasteiger partial charge in [0.1, 0.15) is 0 Å². The first-order chi connectivity index (χ1) is 8.17. The monoisotopic (exact) mass is 237 g/mol. The van der Waals surface area contributed by atoms with E-state index in [1.165, 1.54) is 5.56 Å². The number of aliphatic hydroxyl groups is 1. The molecule has 1 atom stereocenters. The van der Waals surface area contributed by atoms with Crippen LogP contribution in [0.2, 0.25) is 0 Å². The minimum absolute atomic E-state index is 0.133. The molecule has 1 aromatic carbocycles. The lowest BCUT2D eigenvalue weighted by atomic mass is 9.94. The number of fused-ring (bicyclic) bond motifs is 1. The second-order valence-corrected chi connectivity index (χ2v) is 4.66. The second-order valence-electron chi connectivity index (χ2n) is 4.66. The van der Waals surface area contributed by atoms with Crippen molar-refractivity contribution in [3.05, 3.63) is 23.8 Å². The summed E-state index contributed by atoms with van der Waals surface area (Å²) in [5.74, 6) is 1.63. The number of benzene rings is 1. The molecule has 0 aromatic heterocycles. The highest BCUT2D eigenvalue weighted by Crippen LogP contribution is 2.33. The predicted octanol–water partition coefficient (Wildman–Crippen LogP) is 1.32. The molecule has 0 amide bonds. The molecule has 0 bridgehead atoms. The van der Waals surface area contributed by atoms with Crippen LogP contribution < -0.4 is 14.8 Å². The lowest BCUT2D eigenvalue weighted by molar-refractivity contribution is 0.173. The number of hydrogen-bond acceptors (Lipinski definition) is 4. The number of likely N-dealkylation sites (N-methyl/N-ethyl adjacent to an activating group) is 1. The summed E-state index contributed by atoms with van der Waals surface area (Å²) < 4.78 is 10.6. The van der Waals surface area contributed by atoms with Gasteiger partial charge in [-0.3, -0.25) is 0 Å². The van der Waals surface area contributed by atoms with Gasteiger partial charge in [-0.2, -0.15) is 0 Å². The molecule has 1 unspecified atom stereocenters. The van der Waals surface area contributed by atoms with E-state index < -0.39 is 0 Å². The van der Waals surface area contributed by atoms with Crippen LogP contribution in [-0.2, 0) is 6.42 Å². The summed E-state index contributed by atoms with van der Waals surface area (Å²) in [6.45, 7) is 2.46. The summed E-state index contributed by atoms with van der Waals surface area (Å²) in [6, 6.07) is 5.99. The first kappa shape index (κ1) is 12.2. The molecule has 0 radical (unpaired) electrons. The van der Waals surface area contributed by atoms with Crippen LogP contribution in [0.3, 0.4) is 0 Å². The largest absolute Gasteiger partial charge is 0.454 e. The van der Waals surface area contributed by atoms with Crippen LogP contribution in [0.4, 0.5) is 0 Å². The lowest BCUT2D eigenvalue weighted by Gasteiger charge is -2.26. The molecule has 4 heteroatoms. The summed E-state index contributed by atoms with van der Waals surface area (Å²) >= 11 is 0. The zero-order chi connectivity index (χ0) is 12.3. The molecule has 0 saturated carbocycles. The Labute approximate surface area is 102 Å². The smallest absolute Gasteiger partial charge is 0.231 e. The summed E-state index contributed by atoms with van der Waals surface area (Å²) in [5.41, 5.74) is 0.972. The standard InChI is InChI=1S/C13H19NO3/c1-13(8-15,14-2)6-5-10-3-4-11-12(7-10)17-9-16-11/h3-4,7,14-15H,5-6,8-9H2,1-2H3. The number of rotatable bonds is 5. The molecule has 4 nitrogen and oxygen atoms in total. The van der Waals surface area contributed by atoms with E-state index in [-0.39, 0.29) is 12.1 Å². The van der Waals surface area contributed by atoms with Crippen LogP contribution in [0.1, 0.15) is 18.9 Å². The highest BCUT2D eigenvalue weighted by molar-refractivity contribution is 5.44. The molecule has 0 saturated heterocycles. The molecule has 17 heavy (non-hydrogen) atoms. The first-order valence-electron chi connectivity index (χ1n) is 5.85. The van der Waals surface area contributed by atoms with Crippen LogP contribution in [0.15, 0.2) is 18.2 Å². The lowest BCUT2D eigenvalue weighted by Crippen LogP contribution is -2.43. The van der Waals surface area contributed by atoms with E-state index in [1.807, 2.05) is 32.2 Å². The molecule has 2 N–H and O–H groups in total. The Bertz CT molecular complexity index is 388. The van der Waals surface area contributed by atoms with Crippen LogP contribution in [-0.4, -0.2) is 31.1 Å². The predicted molar refractivity (Wildman–Crippen MR) is 65.4 cm³/mol. The number of hydrogen-bond donors (Lipinski definition) is 2. The third-order valence-electron chi connectivity index (χ3n) is 3.35. The van der Waals surface area contributed by atoms with Crippen LogP contribution >= 0.6 is 0 Å². The van der Waals surface area contributed by atoms with Crippen molar-refractivity contribution < 1.29 is 14.6 Å². The summed E-state index contributed by atoms with van der Waals surface area (Å²) in [5, 5.41) is 12.5. The van der Waals surface area contributed by atoms with Crippen molar-refractivity contribution in [2.45, 2.75) is 25.3 Å². The Morgan fingerprint density at radius 2 is 2.12 bits per heavy atom. The van der Waals surface area contributed by atoms with Gasteiger partial charge in [0.2, 0.25) is 6.79 Å². The van der Waals surface area contributed by atoms with E-state index in [0.717, 1.165) is 24.3 Å². The quantitative estimate of drug-likeness (QED) is 0.811. The summed E-state index contributed by atoms with van der Waals surface area (Å²) in [6.07, 6.45) is 1.77. The Kier molecular flexibility index (Phi) is 3.54. The Balaban J connectivity index is 2.00. The van der Waals surface area contributed by atoms with E-state index in [0.29, 0.717) is 6.79 Å². The van der Waals surface area contributed by atoms with Gasteiger partial charge in [-0.25, -0.2) is 0 Å². The van der Waals surface area contributed by atoms with Crippen molar-refractivity contribution in [1.29, 1.82) is 0 Å². The molecule has 1 aliphatic rings. The fourth-order valence-electron chi connectivity index (χ4n) is 1.80. The minimum Gasteiger partial charge on any atom is -0.454 e. The van der Waals surface area contributed by atoms with Gasteiger partial charge in [-0.15, -0.1) is 0 Å². The summed E-state index contributed by atoms with van der Waals surface area (Å²) in [7, 11) is 1.87. The summed E-state index contributed by atoms with van der Waals surface area (Å²) in [4.78, 5) is 0. The van der Waals surface area contributed by atoms with Gasteiger partial charge in [0.05, 0.1) is 6.61 Å². The molecule has 0 spiro atoms. The molecule has 0 fully saturated rings. The molecule has 1 aromatic rings. The number of nitrogens with one attached hydrogen (secondary N) is 1. The van der Waals surface area contributed by atoms with E-state index in [9.17, 15) is 5.11 Å². The van der Waals surface area contributed by atoms with Crippen LogP contribution in [0, 0.1) is 0 Å². The third-order valence-corrected chi connectivity index (χ3v) is 3.35. The first-order valence-corrected chi connectivity index (χ1v) is 5.85. The van der Waals surface area contributed by atoms with Crippen LogP contribution in [0.25, 0.3) is 0 Å². The van der Waals surface area contributed by atoms with Crippen molar-refractivity contribution in [2.24, 2.45) is 0 Å². The fourth-order valence-corrected chi connectivity index (χ4v) is 1.80. The van der Waals surface area contributed by atoms with Crippen molar-refractivity contribution in [1.82, 2.24) is 5.32 Å². The molecule has 1 heterocycles. The molecule has 94 valence electrons. The van der Waals surface area contributed by atoms with E-state index in [4.69, 9.17) is 9.47 Å². The highest BCUT2D eigenvalue weighted by atomic mass is 16.7. The Morgan fingerprint density at radius 1 is 1.35 bits per heavy atom. The zero-order valence-electron chi connectivity index (χ0n) is 10.3. The van der Waals surface area contributed by atoms with Gasteiger partial charge in [0.15, 0.2) is 11.5 Å². The number of aryl methyl sites for hydroxylation is 1. The van der Waals surface area contributed by atoms with Crippen molar-refractivity contribution in [3.63, 3.8) is 0 Å². The second kappa shape index (κ2) is 4.94. The van der Waals surface area contributed by atoms with E-state index in [2.05, 4.69) is 5.32 Å². The number of aliphatic hydroxyl groups excluding tert-OH is 1. The van der Waals surface area contributed by atoms with E-state index in [1.54, 1.807) is 0 Å². The number of ether oxygens (including phenoxy) is 2. The van der Waals surface area contributed by atoms with Gasteiger partial charge in [0, 0.05) is 5.54 Å². The van der Waals surface area contributed by atoms with Crippen molar-refractivity contribution in [3.8, 4) is 11.5 Å². The van der Waals surface area contributed by atoms with Gasteiger partial charge in [-0.05, 0) is 44.5 Å². The maximum Gasteiger partial charge on any atom is 0.231 e.